The van der Waals surface area contributed by atoms with Crippen LogP contribution in [0.3, 0.4) is 0 Å². The summed E-state index contributed by atoms with van der Waals surface area (Å²) in [5.41, 5.74) is -0.865. The molecule has 0 fully saturated rings. The van der Waals surface area contributed by atoms with E-state index in [9.17, 15) is 28.0 Å². The lowest BCUT2D eigenvalue weighted by molar-refractivity contribution is -0.137. The Bertz CT molecular complexity index is 1780. The van der Waals surface area contributed by atoms with Crippen molar-refractivity contribution in [2.24, 2.45) is 0 Å². The second-order valence-corrected chi connectivity index (χ2v) is 7.89. The minimum Gasteiger partial charge on any atom is -0.425 e. The van der Waals surface area contributed by atoms with Gasteiger partial charge in [0.1, 0.15) is 11.7 Å². The van der Waals surface area contributed by atoms with Crippen LogP contribution in [0.25, 0.3) is 22.4 Å². The molecule has 0 unspecified atom stereocenters. The van der Waals surface area contributed by atoms with Gasteiger partial charge in [0, 0.05) is 23.6 Å². The van der Waals surface area contributed by atoms with Gasteiger partial charge >= 0.3 is 12.2 Å². The molecular formula is C23H16F3N9O3. The number of hydrogen-bond donors (Lipinski definition) is 4. The van der Waals surface area contributed by atoms with Crippen LogP contribution in [0, 0.1) is 5.41 Å². The number of halogens is 3. The minimum atomic E-state index is -4.62. The zero-order valence-corrected chi connectivity index (χ0v) is 19.0. The number of fused-ring (bicyclic) bond motifs is 1. The van der Waals surface area contributed by atoms with Gasteiger partial charge in [0.05, 0.1) is 29.3 Å². The van der Waals surface area contributed by atoms with Gasteiger partial charge in [-0.25, -0.2) is 14.5 Å². The van der Waals surface area contributed by atoms with Gasteiger partial charge in [0.15, 0.2) is 16.6 Å². The van der Waals surface area contributed by atoms with E-state index >= 15 is 0 Å². The monoisotopic (exact) mass is 523 g/mol. The third-order valence-electron chi connectivity index (χ3n) is 5.47. The number of urea groups is 1. The van der Waals surface area contributed by atoms with E-state index in [1.165, 1.54) is 52.1 Å². The van der Waals surface area contributed by atoms with Crippen LogP contribution in [-0.4, -0.2) is 40.5 Å². The SMILES string of the molecule is N=c1c2c(=O)ccn(-c3ccc(NC(=O)Nc4cc(C(F)(F)F)ccc4-n4ccnn4)cc3)c2ncn1O. The summed E-state index contributed by atoms with van der Waals surface area (Å²) < 4.78 is 42.9. The van der Waals surface area contributed by atoms with E-state index < -0.39 is 28.7 Å². The number of nitrogens with zero attached hydrogens (tertiary/aromatic N) is 6. The maximum Gasteiger partial charge on any atom is 0.416 e. The van der Waals surface area contributed by atoms with Crippen molar-refractivity contribution in [3.8, 4) is 11.4 Å². The van der Waals surface area contributed by atoms with Crippen molar-refractivity contribution in [1.29, 1.82) is 5.41 Å². The second kappa shape index (κ2) is 9.20. The molecule has 5 aromatic rings. The normalized spacial score (nSPS) is 11.4. The number of rotatable bonds is 4. The zero-order chi connectivity index (χ0) is 27.0. The van der Waals surface area contributed by atoms with Gasteiger partial charge in [0.25, 0.3) is 0 Å². The molecule has 5 rings (SSSR count). The molecule has 15 heteroatoms. The van der Waals surface area contributed by atoms with Crippen LogP contribution < -0.4 is 21.6 Å². The summed E-state index contributed by atoms with van der Waals surface area (Å²) in [7, 11) is 0. The minimum absolute atomic E-state index is 0.0941. The summed E-state index contributed by atoms with van der Waals surface area (Å²) in [5, 5.41) is 29.9. The Balaban J connectivity index is 1.40. The molecule has 0 aliphatic carbocycles. The molecule has 0 saturated heterocycles. The fraction of sp³-hybridized carbons (Fsp3) is 0.0435. The molecule has 192 valence electrons. The second-order valence-electron chi connectivity index (χ2n) is 7.89. The number of amides is 2. The van der Waals surface area contributed by atoms with E-state index in [0.717, 1.165) is 18.5 Å². The summed E-state index contributed by atoms with van der Waals surface area (Å²) in [5.74, 6) is 0. The Morgan fingerprint density at radius 2 is 1.79 bits per heavy atom. The molecule has 2 aromatic carbocycles. The molecule has 12 nitrogen and oxygen atoms in total. The molecule has 4 N–H and O–H groups in total. The number of carbonyl (C=O) groups is 1. The van der Waals surface area contributed by atoms with Crippen molar-refractivity contribution in [1.82, 2.24) is 29.3 Å². The predicted molar refractivity (Wildman–Crippen MR) is 127 cm³/mol. The number of anilines is 2. The lowest BCUT2D eigenvalue weighted by Gasteiger charge is -2.15. The molecule has 0 aliphatic rings. The Hall–Kier alpha value is -5.47. The topological polar surface area (TPSA) is 156 Å². The van der Waals surface area contributed by atoms with Crippen LogP contribution >= 0.6 is 0 Å². The lowest BCUT2D eigenvalue weighted by atomic mass is 10.1. The molecule has 0 spiro atoms. The summed E-state index contributed by atoms with van der Waals surface area (Å²) in [4.78, 5) is 28.9. The Labute approximate surface area is 209 Å². The molecule has 38 heavy (non-hydrogen) atoms. The zero-order valence-electron chi connectivity index (χ0n) is 19.0. The molecule has 2 amide bonds. The smallest absolute Gasteiger partial charge is 0.416 e. The largest absolute Gasteiger partial charge is 0.425 e. The van der Waals surface area contributed by atoms with E-state index in [4.69, 9.17) is 5.41 Å². The van der Waals surface area contributed by atoms with Crippen LogP contribution in [-0.2, 0) is 6.18 Å². The highest BCUT2D eigenvalue weighted by Gasteiger charge is 2.31. The fourth-order valence-corrected chi connectivity index (χ4v) is 3.71. The molecule has 0 aliphatic heterocycles. The van der Waals surface area contributed by atoms with Gasteiger partial charge in [0.2, 0.25) is 0 Å². The first-order valence-electron chi connectivity index (χ1n) is 10.7. The van der Waals surface area contributed by atoms with Crippen molar-refractivity contribution in [2.45, 2.75) is 6.18 Å². The highest BCUT2D eigenvalue weighted by molar-refractivity contribution is 6.01. The van der Waals surface area contributed by atoms with E-state index in [2.05, 4.69) is 25.9 Å². The molecule has 3 heterocycles. The van der Waals surface area contributed by atoms with Crippen molar-refractivity contribution in [3.63, 3.8) is 0 Å². The summed E-state index contributed by atoms with van der Waals surface area (Å²) in [6.45, 7) is 0. The first kappa shape index (κ1) is 24.2. The first-order chi connectivity index (χ1) is 18.1. The summed E-state index contributed by atoms with van der Waals surface area (Å²) in [6.07, 6.45) is 0.582. The Morgan fingerprint density at radius 3 is 2.47 bits per heavy atom. The highest BCUT2D eigenvalue weighted by atomic mass is 19.4. The van der Waals surface area contributed by atoms with Gasteiger partial charge in [-0.2, -0.15) is 17.9 Å². The third-order valence-corrected chi connectivity index (χ3v) is 5.47. The molecule has 0 bridgehead atoms. The van der Waals surface area contributed by atoms with Crippen LogP contribution in [0.1, 0.15) is 5.56 Å². The van der Waals surface area contributed by atoms with Crippen molar-refractivity contribution in [3.05, 3.63) is 94.7 Å². The fourth-order valence-electron chi connectivity index (χ4n) is 3.71. The Morgan fingerprint density at radius 1 is 1.03 bits per heavy atom. The van der Waals surface area contributed by atoms with Crippen LogP contribution in [0.2, 0.25) is 0 Å². The molecule has 3 aromatic heterocycles. The number of benzene rings is 2. The summed E-state index contributed by atoms with van der Waals surface area (Å²) >= 11 is 0. The van der Waals surface area contributed by atoms with Gasteiger partial charge < -0.3 is 20.4 Å². The molecule has 0 radical (unpaired) electrons. The number of alkyl halides is 3. The van der Waals surface area contributed by atoms with Crippen molar-refractivity contribution in [2.75, 3.05) is 10.6 Å². The average molecular weight is 523 g/mol. The highest BCUT2D eigenvalue weighted by Crippen LogP contribution is 2.33. The van der Waals surface area contributed by atoms with Crippen LogP contribution in [0.5, 0.6) is 0 Å². The van der Waals surface area contributed by atoms with Crippen LogP contribution in [0.4, 0.5) is 29.3 Å². The number of aromatic nitrogens is 6. The standard InChI is InChI=1S/C23H16F3N9O3/c24-23(25,26)13-1-6-17(34-10-8-29-32-34)16(11-13)31-22(37)30-14-2-4-15(5-3-14)33-9-7-18(36)19-20(27)35(38)12-28-21(19)33/h1-12,27,38H,(H2,30,31,37). The quantitative estimate of drug-likeness (QED) is 0.265. The lowest BCUT2D eigenvalue weighted by Crippen LogP contribution is -2.25. The van der Waals surface area contributed by atoms with Crippen molar-refractivity contribution < 1.29 is 23.2 Å². The van der Waals surface area contributed by atoms with Crippen molar-refractivity contribution >= 4 is 28.4 Å². The number of pyridine rings is 1. The van der Waals surface area contributed by atoms with Gasteiger partial charge in [-0.3, -0.25) is 10.2 Å². The van der Waals surface area contributed by atoms with Gasteiger partial charge in [-0.1, -0.05) is 5.21 Å². The third kappa shape index (κ3) is 4.55. The molecule has 0 atom stereocenters. The Kier molecular flexibility index (Phi) is 5.87. The number of carbonyl (C=O) groups excluding carboxylic acids is 1. The number of hydrogen-bond acceptors (Lipinski definition) is 7. The maximum absolute atomic E-state index is 13.3. The molecular weight excluding hydrogens is 507 g/mol. The predicted octanol–water partition coefficient (Wildman–Crippen LogP) is 3.15. The van der Waals surface area contributed by atoms with E-state index in [-0.39, 0.29) is 22.4 Å². The summed E-state index contributed by atoms with van der Waals surface area (Å²) in [6, 6.07) is 9.50. The van der Waals surface area contributed by atoms with E-state index in [0.29, 0.717) is 16.1 Å². The van der Waals surface area contributed by atoms with Gasteiger partial charge in [-0.05, 0) is 42.5 Å². The first-order valence-corrected chi connectivity index (χ1v) is 10.7. The molecule has 0 saturated carbocycles. The average Bonchev–Trinajstić information content (AvgIpc) is 3.41. The maximum atomic E-state index is 13.3. The van der Waals surface area contributed by atoms with E-state index in [1.54, 1.807) is 12.1 Å². The van der Waals surface area contributed by atoms with Gasteiger partial charge in [-0.15, -0.1) is 5.10 Å². The number of nitrogens with one attached hydrogen (secondary N) is 3. The van der Waals surface area contributed by atoms with Crippen LogP contribution in [0.15, 0.2) is 78.2 Å². The van der Waals surface area contributed by atoms with E-state index in [1.807, 2.05) is 0 Å².